The Morgan fingerprint density at radius 3 is 3.00 bits per heavy atom. The van der Waals surface area contributed by atoms with Gasteiger partial charge in [-0.25, -0.2) is 4.39 Å². The molecule has 0 saturated heterocycles. The van der Waals surface area contributed by atoms with Crippen molar-refractivity contribution < 1.29 is 9.13 Å². The third-order valence-corrected chi connectivity index (χ3v) is 1.71. The number of aryl methyl sites for hydroxylation is 1. The highest BCUT2D eigenvalue weighted by molar-refractivity contribution is 5.22. The van der Waals surface area contributed by atoms with Crippen LogP contribution in [0.25, 0.3) is 0 Å². The summed E-state index contributed by atoms with van der Waals surface area (Å²) in [5.41, 5.74) is 0. The second kappa shape index (κ2) is 4.04. The number of rotatable bonds is 3. The SMILES string of the molecule is Cn1nnc(COc2cccc(F)c2)n1. The molecule has 15 heavy (non-hydrogen) atoms. The molecule has 0 aliphatic heterocycles. The Kier molecular flexibility index (Phi) is 2.57. The maximum atomic E-state index is 12.8. The van der Waals surface area contributed by atoms with Gasteiger partial charge in [-0.2, -0.15) is 4.80 Å². The molecule has 1 aromatic carbocycles. The van der Waals surface area contributed by atoms with Crippen LogP contribution < -0.4 is 4.74 Å². The van der Waals surface area contributed by atoms with Gasteiger partial charge in [0.2, 0.25) is 5.82 Å². The van der Waals surface area contributed by atoms with E-state index in [9.17, 15) is 4.39 Å². The normalized spacial score (nSPS) is 10.3. The first-order valence-electron chi connectivity index (χ1n) is 4.35. The Balaban J connectivity index is 1.99. The Labute approximate surface area is 85.5 Å². The second-order valence-corrected chi connectivity index (χ2v) is 2.94. The van der Waals surface area contributed by atoms with Crippen molar-refractivity contribution in [2.24, 2.45) is 7.05 Å². The molecule has 6 heteroatoms. The van der Waals surface area contributed by atoms with Crippen LogP contribution in [0.1, 0.15) is 5.82 Å². The molecule has 0 unspecified atom stereocenters. The largest absolute Gasteiger partial charge is 0.485 e. The minimum atomic E-state index is -0.334. The molecule has 2 aromatic rings. The lowest BCUT2D eigenvalue weighted by atomic mass is 10.3. The van der Waals surface area contributed by atoms with Crippen LogP contribution in [0.4, 0.5) is 4.39 Å². The Bertz CT molecular complexity index is 457. The molecule has 0 aliphatic rings. The topological polar surface area (TPSA) is 52.8 Å². The fourth-order valence-electron chi connectivity index (χ4n) is 1.09. The standard InChI is InChI=1S/C9H9FN4O/c1-14-12-9(11-13-14)6-15-8-4-2-3-7(10)5-8/h2-5H,6H2,1H3. The predicted molar refractivity (Wildman–Crippen MR) is 49.5 cm³/mol. The molecule has 2 rings (SSSR count). The molecule has 0 atom stereocenters. The summed E-state index contributed by atoms with van der Waals surface area (Å²) >= 11 is 0. The van der Waals surface area contributed by atoms with Crippen molar-refractivity contribution in [1.29, 1.82) is 0 Å². The minimum Gasteiger partial charge on any atom is -0.485 e. The Hall–Kier alpha value is -1.98. The van der Waals surface area contributed by atoms with Crippen LogP contribution >= 0.6 is 0 Å². The van der Waals surface area contributed by atoms with E-state index in [0.29, 0.717) is 11.6 Å². The Morgan fingerprint density at radius 1 is 1.47 bits per heavy atom. The van der Waals surface area contributed by atoms with E-state index >= 15 is 0 Å². The van der Waals surface area contributed by atoms with Crippen molar-refractivity contribution in [2.45, 2.75) is 6.61 Å². The molecule has 5 nitrogen and oxygen atoms in total. The van der Waals surface area contributed by atoms with E-state index < -0.39 is 0 Å². The number of aromatic nitrogens is 4. The maximum Gasteiger partial charge on any atom is 0.212 e. The summed E-state index contributed by atoms with van der Waals surface area (Å²) in [7, 11) is 1.67. The predicted octanol–water partition coefficient (Wildman–Crippen LogP) is 0.928. The summed E-state index contributed by atoms with van der Waals surface area (Å²) in [6.07, 6.45) is 0. The summed E-state index contributed by atoms with van der Waals surface area (Å²) in [4.78, 5) is 1.34. The lowest BCUT2D eigenvalue weighted by Crippen LogP contribution is -1.99. The van der Waals surface area contributed by atoms with Crippen LogP contribution in [0.5, 0.6) is 5.75 Å². The van der Waals surface area contributed by atoms with E-state index in [4.69, 9.17) is 4.74 Å². The number of benzene rings is 1. The van der Waals surface area contributed by atoms with Crippen LogP contribution in [-0.4, -0.2) is 20.2 Å². The van der Waals surface area contributed by atoms with Gasteiger partial charge in [-0.1, -0.05) is 6.07 Å². The van der Waals surface area contributed by atoms with Gasteiger partial charge in [-0.15, -0.1) is 10.2 Å². The molecule has 0 bridgehead atoms. The average molecular weight is 208 g/mol. The number of nitrogens with zero attached hydrogens (tertiary/aromatic N) is 4. The highest BCUT2D eigenvalue weighted by Gasteiger charge is 2.01. The maximum absolute atomic E-state index is 12.8. The third-order valence-electron chi connectivity index (χ3n) is 1.71. The van der Waals surface area contributed by atoms with Gasteiger partial charge in [0.25, 0.3) is 0 Å². The second-order valence-electron chi connectivity index (χ2n) is 2.94. The van der Waals surface area contributed by atoms with Crippen molar-refractivity contribution in [3.8, 4) is 5.75 Å². The minimum absolute atomic E-state index is 0.178. The summed E-state index contributed by atoms with van der Waals surface area (Å²) in [6.45, 7) is 0.178. The van der Waals surface area contributed by atoms with E-state index in [2.05, 4.69) is 15.4 Å². The highest BCUT2D eigenvalue weighted by atomic mass is 19.1. The quantitative estimate of drug-likeness (QED) is 0.752. The average Bonchev–Trinajstić information content (AvgIpc) is 2.62. The van der Waals surface area contributed by atoms with Gasteiger partial charge in [0.1, 0.15) is 11.6 Å². The van der Waals surface area contributed by atoms with E-state index in [1.165, 1.54) is 16.9 Å². The molecule has 0 aliphatic carbocycles. The smallest absolute Gasteiger partial charge is 0.212 e. The first-order chi connectivity index (χ1) is 7.24. The molecule has 0 N–H and O–H groups in total. The van der Waals surface area contributed by atoms with E-state index in [-0.39, 0.29) is 12.4 Å². The highest BCUT2D eigenvalue weighted by Crippen LogP contribution is 2.12. The van der Waals surface area contributed by atoms with Gasteiger partial charge < -0.3 is 4.74 Å². The van der Waals surface area contributed by atoms with E-state index in [1.807, 2.05) is 0 Å². The molecule has 0 spiro atoms. The summed E-state index contributed by atoms with van der Waals surface area (Å²) in [6, 6.07) is 5.90. The van der Waals surface area contributed by atoms with Crippen molar-refractivity contribution in [3.63, 3.8) is 0 Å². The van der Waals surface area contributed by atoms with Gasteiger partial charge in [0.05, 0.1) is 7.05 Å². The molecule has 0 fully saturated rings. The van der Waals surface area contributed by atoms with Gasteiger partial charge in [0.15, 0.2) is 6.61 Å². The lowest BCUT2D eigenvalue weighted by Gasteiger charge is -2.02. The van der Waals surface area contributed by atoms with Gasteiger partial charge in [0, 0.05) is 6.07 Å². The van der Waals surface area contributed by atoms with Crippen molar-refractivity contribution >= 4 is 0 Å². The molecule has 78 valence electrons. The van der Waals surface area contributed by atoms with Crippen molar-refractivity contribution in [3.05, 3.63) is 35.9 Å². The molecule has 0 saturated carbocycles. The first-order valence-corrected chi connectivity index (χ1v) is 4.35. The van der Waals surface area contributed by atoms with Gasteiger partial charge in [-0.3, -0.25) is 0 Å². The van der Waals surface area contributed by atoms with Crippen LogP contribution in [0.15, 0.2) is 24.3 Å². The molecule has 1 heterocycles. The fraction of sp³-hybridized carbons (Fsp3) is 0.222. The number of halogens is 1. The summed E-state index contributed by atoms with van der Waals surface area (Å²) in [5, 5.41) is 11.3. The van der Waals surface area contributed by atoms with Crippen LogP contribution in [0.2, 0.25) is 0 Å². The zero-order valence-corrected chi connectivity index (χ0v) is 8.09. The third kappa shape index (κ3) is 2.49. The van der Waals surface area contributed by atoms with Crippen LogP contribution in [-0.2, 0) is 13.7 Å². The number of hydrogen-bond donors (Lipinski definition) is 0. The fourth-order valence-corrected chi connectivity index (χ4v) is 1.09. The van der Waals surface area contributed by atoms with E-state index in [1.54, 1.807) is 19.2 Å². The zero-order valence-electron chi connectivity index (χ0n) is 8.09. The molecular formula is C9H9FN4O. The van der Waals surface area contributed by atoms with Gasteiger partial charge in [-0.05, 0) is 17.3 Å². The van der Waals surface area contributed by atoms with Crippen molar-refractivity contribution in [1.82, 2.24) is 20.2 Å². The zero-order chi connectivity index (χ0) is 10.7. The van der Waals surface area contributed by atoms with Crippen molar-refractivity contribution in [2.75, 3.05) is 0 Å². The summed E-state index contributed by atoms with van der Waals surface area (Å²) in [5.74, 6) is 0.573. The lowest BCUT2D eigenvalue weighted by molar-refractivity contribution is 0.294. The van der Waals surface area contributed by atoms with Crippen LogP contribution in [0.3, 0.4) is 0 Å². The van der Waals surface area contributed by atoms with Gasteiger partial charge >= 0.3 is 0 Å². The number of ether oxygens (including phenoxy) is 1. The summed E-state index contributed by atoms with van der Waals surface area (Å²) < 4.78 is 18.0. The molecule has 1 aromatic heterocycles. The van der Waals surface area contributed by atoms with Crippen LogP contribution in [0, 0.1) is 5.82 Å². The molecule has 0 amide bonds. The number of hydrogen-bond acceptors (Lipinski definition) is 4. The molecular weight excluding hydrogens is 199 g/mol. The Morgan fingerprint density at radius 2 is 2.33 bits per heavy atom. The number of tetrazole rings is 1. The first kappa shape index (κ1) is 9.57. The monoisotopic (exact) mass is 208 g/mol. The van der Waals surface area contributed by atoms with E-state index in [0.717, 1.165) is 0 Å². The molecule has 0 radical (unpaired) electrons.